The van der Waals surface area contributed by atoms with Gasteiger partial charge in [-0.1, -0.05) is 12.7 Å². The van der Waals surface area contributed by atoms with Gasteiger partial charge in [0.15, 0.2) is 11.5 Å². The molecule has 1 heterocycles. The van der Waals surface area contributed by atoms with Crippen LogP contribution in [0.1, 0.15) is 10.4 Å². The van der Waals surface area contributed by atoms with Gasteiger partial charge in [0.05, 0.1) is 7.11 Å². The van der Waals surface area contributed by atoms with Crippen molar-refractivity contribution in [1.29, 1.82) is 0 Å². The van der Waals surface area contributed by atoms with Crippen LogP contribution in [-0.2, 0) is 0 Å². The number of aromatic amines is 1. The van der Waals surface area contributed by atoms with Crippen molar-refractivity contribution in [1.82, 2.24) is 15.2 Å². The number of carbonyl (C=O) groups is 1. The minimum atomic E-state index is -0.324. The van der Waals surface area contributed by atoms with Gasteiger partial charge in [0.25, 0.3) is 5.91 Å². The van der Waals surface area contributed by atoms with Crippen LogP contribution < -0.4 is 14.8 Å². The Hall–Kier alpha value is -2.83. The molecule has 0 saturated heterocycles. The predicted molar refractivity (Wildman–Crippen MR) is 73.0 cm³/mol. The lowest BCUT2D eigenvalue weighted by molar-refractivity contribution is 0.102. The minimum Gasteiger partial charge on any atom is -0.493 e. The van der Waals surface area contributed by atoms with Gasteiger partial charge < -0.3 is 9.47 Å². The first-order chi connectivity index (χ1) is 9.74. The second kappa shape index (κ2) is 6.37. The van der Waals surface area contributed by atoms with Crippen LogP contribution in [0.5, 0.6) is 11.5 Å². The summed E-state index contributed by atoms with van der Waals surface area (Å²) in [4.78, 5) is 15.8. The molecule has 0 bridgehead atoms. The number of amides is 1. The van der Waals surface area contributed by atoms with Gasteiger partial charge in [0.1, 0.15) is 12.9 Å². The molecule has 1 aromatic heterocycles. The molecular weight excluding hydrogens is 260 g/mol. The average molecular weight is 274 g/mol. The van der Waals surface area contributed by atoms with E-state index in [-0.39, 0.29) is 11.9 Å². The first kappa shape index (κ1) is 13.6. The van der Waals surface area contributed by atoms with Gasteiger partial charge >= 0.3 is 0 Å². The van der Waals surface area contributed by atoms with Gasteiger partial charge in [-0.3, -0.25) is 10.1 Å². The zero-order valence-corrected chi connectivity index (χ0v) is 10.9. The summed E-state index contributed by atoms with van der Waals surface area (Å²) in [6.07, 6.45) is 2.94. The Morgan fingerprint density at radius 3 is 3.00 bits per heavy atom. The molecule has 0 unspecified atom stereocenters. The van der Waals surface area contributed by atoms with Gasteiger partial charge in [0, 0.05) is 5.56 Å². The third kappa shape index (κ3) is 3.14. The maximum Gasteiger partial charge on any atom is 0.258 e. The van der Waals surface area contributed by atoms with E-state index in [0.717, 1.165) is 0 Å². The normalized spacial score (nSPS) is 9.85. The van der Waals surface area contributed by atoms with Gasteiger partial charge in [-0.2, -0.15) is 10.1 Å². The molecule has 0 atom stereocenters. The van der Waals surface area contributed by atoms with E-state index in [1.165, 1.54) is 13.4 Å². The number of nitrogens with one attached hydrogen (secondary N) is 2. The summed E-state index contributed by atoms with van der Waals surface area (Å²) in [7, 11) is 1.51. The van der Waals surface area contributed by atoms with E-state index in [4.69, 9.17) is 9.47 Å². The molecule has 7 nitrogen and oxygen atoms in total. The highest BCUT2D eigenvalue weighted by Gasteiger charge is 2.12. The maximum atomic E-state index is 12.0. The highest BCUT2D eigenvalue weighted by atomic mass is 16.5. The number of nitrogens with zero attached hydrogens (tertiary/aromatic N) is 2. The SMILES string of the molecule is C=CCOc1ccc(C(=O)Nc2ncn[nH]2)cc1OC. The molecule has 104 valence electrons. The molecule has 1 amide bonds. The van der Waals surface area contributed by atoms with Crippen LogP contribution in [0, 0.1) is 0 Å². The standard InChI is InChI=1S/C13H14N4O3/c1-3-6-20-10-5-4-9(7-11(10)19-2)12(18)16-13-14-8-15-17-13/h3-5,7-8H,1,6H2,2H3,(H2,14,15,16,17,18). The Morgan fingerprint density at radius 1 is 1.50 bits per heavy atom. The number of anilines is 1. The molecule has 1 aromatic carbocycles. The molecule has 2 aromatic rings. The molecule has 0 fully saturated rings. The van der Waals surface area contributed by atoms with Crippen molar-refractivity contribution < 1.29 is 14.3 Å². The van der Waals surface area contributed by atoms with Gasteiger partial charge in [-0.05, 0) is 18.2 Å². The quantitative estimate of drug-likeness (QED) is 0.781. The molecule has 2 rings (SSSR count). The third-order valence-corrected chi connectivity index (χ3v) is 2.43. The van der Waals surface area contributed by atoms with E-state index < -0.39 is 0 Å². The van der Waals surface area contributed by atoms with Crippen LogP contribution in [-0.4, -0.2) is 34.8 Å². The Kier molecular flexibility index (Phi) is 4.33. The van der Waals surface area contributed by atoms with Crippen LogP contribution >= 0.6 is 0 Å². The fraction of sp³-hybridized carbons (Fsp3) is 0.154. The topological polar surface area (TPSA) is 89.1 Å². The number of aromatic nitrogens is 3. The van der Waals surface area contributed by atoms with E-state index >= 15 is 0 Å². The highest BCUT2D eigenvalue weighted by molar-refractivity contribution is 6.03. The Morgan fingerprint density at radius 2 is 2.35 bits per heavy atom. The number of carbonyl (C=O) groups excluding carboxylic acids is 1. The van der Waals surface area contributed by atoms with Crippen LogP contribution in [0.15, 0.2) is 37.2 Å². The Balaban J connectivity index is 2.15. The average Bonchev–Trinajstić information content (AvgIpc) is 2.97. The molecule has 0 saturated carbocycles. The summed E-state index contributed by atoms with van der Waals surface area (Å²) in [6.45, 7) is 3.93. The lowest BCUT2D eigenvalue weighted by Gasteiger charge is -2.10. The summed E-state index contributed by atoms with van der Waals surface area (Å²) in [5.74, 6) is 0.969. The van der Waals surface area contributed by atoms with E-state index in [9.17, 15) is 4.79 Å². The van der Waals surface area contributed by atoms with Crippen molar-refractivity contribution in [2.45, 2.75) is 0 Å². The maximum absolute atomic E-state index is 12.0. The molecule has 7 heteroatoms. The lowest BCUT2D eigenvalue weighted by atomic mass is 10.2. The number of H-pyrrole nitrogens is 1. The van der Waals surface area contributed by atoms with Crippen molar-refractivity contribution >= 4 is 11.9 Å². The molecule has 0 spiro atoms. The molecule has 20 heavy (non-hydrogen) atoms. The number of rotatable bonds is 6. The van der Waals surface area contributed by atoms with Crippen molar-refractivity contribution in [2.24, 2.45) is 0 Å². The van der Waals surface area contributed by atoms with Crippen LogP contribution in [0.3, 0.4) is 0 Å². The number of hydrogen-bond acceptors (Lipinski definition) is 5. The lowest BCUT2D eigenvalue weighted by Crippen LogP contribution is -2.13. The summed E-state index contributed by atoms with van der Waals surface area (Å²) in [5, 5.41) is 8.76. The van der Waals surface area contributed by atoms with Crippen molar-refractivity contribution in [3.8, 4) is 11.5 Å². The second-order valence-electron chi connectivity index (χ2n) is 3.75. The number of benzene rings is 1. The highest BCUT2D eigenvalue weighted by Crippen LogP contribution is 2.28. The largest absolute Gasteiger partial charge is 0.493 e. The Bertz CT molecular complexity index is 596. The number of ether oxygens (including phenoxy) is 2. The van der Waals surface area contributed by atoms with Crippen LogP contribution in [0.25, 0.3) is 0 Å². The van der Waals surface area contributed by atoms with E-state index in [1.807, 2.05) is 0 Å². The molecule has 0 aliphatic rings. The summed E-state index contributed by atoms with van der Waals surface area (Å²) in [5.41, 5.74) is 0.421. The summed E-state index contributed by atoms with van der Waals surface area (Å²) in [6, 6.07) is 4.88. The van der Waals surface area contributed by atoms with Crippen molar-refractivity contribution in [3.05, 3.63) is 42.7 Å². The van der Waals surface area contributed by atoms with Crippen molar-refractivity contribution in [3.63, 3.8) is 0 Å². The molecule has 0 radical (unpaired) electrons. The van der Waals surface area contributed by atoms with Crippen molar-refractivity contribution in [2.75, 3.05) is 19.0 Å². The monoisotopic (exact) mass is 274 g/mol. The van der Waals surface area contributed by atoms with Gasteiger partial charge in [-0.15, -0.1) is 0 Å². The fourth-order valence-electron chi connectivity index (χ4n) is 1.52. The predicted octanol–water partition coefficient (Wildman–Crippen LogP) is 1.63. The summed E-state index contributed by atoms with van der Waals surface area (Å²) < 4.78 is 10.6. The first-order valence-electron chi connectivity index (χ1n) is 5.83. The molecule has 2 N–H and O–H groups in total. The zero-order valence-electron chi connectivity index (χ0n) is 10.9. The van der Waals surface area contributed by atoms with Crippen LogP contribution in [0.4, 0.5) is 5.95 Å². The Labute approximate surface area is 115 Å². The fourth-order valence-corrected chi connectivity index (χ4v) is 1.52. The second-order valence-corrected chi connectivity index (χ2v) is 3.75. The van der Waals surface area contributed by atoms with E-state index in [2.05, 4.69) is 27.1 Å². The molecular formula is C13H14N4O3. The van der Waals surface area contributed by atoms with E-state index in [1.54, 1.807) is 24.3 Å². The zero-order chi connectivity index (χ0) is 14.4. The van der Waals surface area contributed by atoms with Gasteiger partial charge in [-0.25, -0.2) is 5.10 Å². The molecule has 0 aliphatic heterocycles. The van der Waals surface area contributed by atoms with Crippen LogP contribution in [0.2, 0.25) is 0 Å². The number of methoxy groups -OCH3 is 1. The summed E-state index contributed by atoms with van der Waals surface area (Å²) >= 11 is 0. The number of hydrogen-bond donors (Lipinski definition) is 2. The molecule has 0 aliphatic carbocycles. The first-order valence-corrected chi connectivity index (χ1v) is 5.83. The van der Waals surface area contributed by atoms with Gasteiger partial charge in [0.2, 0.25) is 5.95 Å². The van der Waals surface area contributed by atoms with E-state index in [0.29, 0.717) is 23.7 Å². The minimum absolute atomic E-state index is 0.279. The third-order valence-electron chi connectivity index (χ3n) is 2.43. The smallest absolute Gasteiger partial charge is 0.258 e.